The number of hydrogen-bond acceptors (Lipinski definition) is 18. The number of rotatable bonds is 23. The van der Waals surface area contributed by atoms with Gasteiger partial charge in [-0.05, 0) is 25.7 Å². The molecule has 18 nitrogen and oxygen atoms in total. The van der Waals surface area contributed by atoms with E-state index in [-0.39, 0.29) is 107 Å². The number of aliphatic carboxylic acids is 1. The summed E-state index contributed by atoms with van der Waals surface area (Å²) >= 11 is -0.702. The number of methoxy groups -OCH3 is 1. The molecule has 0 rings (SSSR count). The molecule has 0 heterocycles. The van der Waals surface area contributed by atoms with Crippen LogP contribution in [0.3, 0.4) is 0 Å². The molecule has 0 saturated heterocycles. The van der Waals surface area contributed by atoms with Gasteiger partial charge in [0.15, 0.2) is 10.1 Å². The van der Waals surface area contributed by atoms with E-state index in [1.54, 1.807) is 0 Å². The van der Waals surface area contributed by atoms with Gasteiger partial charge in [-0.1, -0.05) is 55.3 Å². The second-order valence-corrected chi connectivity index (χ2v) is 12.6. The van der Waals surface area contributed by atoms with E-state index >= 15 is 0 Å². The molecule has 5 N–H and O–H groups in total. The monoisotopic (exact) mass is 902 g/mol. The van der Waals surface area contributed by atoms with E-state index < -0.39 is 66.1 Å². The quantitative estimate of drug-likeness (QED) is 0.00852. The molecule has 0 aromatic rings. The summed E-state index contributed by atoms with van der Waals surface area (Å²) in [6, 6.07) is 0. The minimum absolute atomic E-state index is 0. The summed E-state index contributed by atoms with van der Waals surface area (Å²) in [6.45, 7) is 0.687. The minimum atomic E-state index is -6.22. The molecule has 0 aromatic carbocycles. The average molecular weight is 903 g/mol. The van der Waals surface area contributed by atoms with Crippen molar-refractivity contribution in [2.75, 3.05) is 33.5 Å². The number of unbranched alkanes of at least 4 members (excludes halogenated alkanes) is 10. The molecular weight excluding hydrogens is 862 g/mol. The third kappa shape index (κ3) is 38.4. The van der Waals surface area contributed by atoms with Crippen molar-refractivity contribution in [3.8, 4) is 0 Å². The van der Waals surface area contributed by atoms with Crippen molar-refractivity contribution in [2.45, 2.75) is 92.8 Å². The number of alkyl halides is 6. The average Bonchev–Trinajstić information content (AvgIpc) is 3.02. The predicted molar refractivity (Wildman–Crippen MR) is 154 cm³/mol. The summed E-state index contributed by atoms with van der Waals surface area (Å²) < 4.78 is 142. The standard InChI is InChI=1S/C10H18F2O6S.C8H18O2.C3H3F3O4S.C2H2F2O5S.3Na.H2O/c11-10(12,19-18-17-15)9(14)16-8-6-4-2-1-3-5-7-13;9-7-5-3-1-2-4-6-8-10;1-10-2(7)3(4,5)11(6,8)9;3-2(4,1(5)6)10(7,8)9;;;;/h13,15H,1-8H2;9-10H,1-8H2;1H3;(H,5,6)(H,7,8,9);;;;1H2/q;;;;3*+1;/p-3. The molecule has 0 aliphatic rings. The molecule has 0 saturated carbocycles. The number of aliphatic hydroxyl groups excluding tert-OH is 3. The number of carboxylic acid groups (broad SMARTS) is 1. The zero-order valence-electron chi connectivity index (χ0n) is 29.7. The maximum absolute atomic E-state index is 12.8. The van der Waals surface area contributed by atoms with Crippen molar-refractivity contribution in [2.24, 2.45) is 0 Å². The first-order valence-electron chi connectivity index (χ1n) is 13.9. The molecule has 0 aromatic heterocycles. The largest absolute Gasteiger partial charge is 1.00 e. The fourth-order valence-electron chi connectivity index (χ4n) is 2.52. The topological polar surface area (TPSA) is 313 Å². The molecule has 0 unspecified atom stereocenters. The zero-order valence-corrected chi connectivity index (χ0v) is 38.2. The number of carbonyl (C=O) groups is 3. The maximum Gasteiger partial charge on any atom is 1.00 e. The van der Waals surface area contributed by atoms with E-state index in [1.807, 2.05) is 0 Å². The van der Waals surface area contributed by atoms with Crippen molar-refractivity contribution in [1.29, 1.82) is 0 Å². The number of esters is 2. The second kappa shape index (κ2) is 40.6. The Labute approximate surface area is 377 Å². The molecule has 0 aliphatic heterocycles. The van der Waals surface area contributed by atoms with Crippen molar-refractivity contribution >= 4 is 50.3 Å². The van der Waals surface area contributed by atoms with E-state index in [0.29, 0.717) is 26.7 Å². The summed E-state index contributed by atoms with van der Waals surface area (Å²) in [5.74, 6) is -7.18. The third-order valence-corrected chi connectivity index (χ3v) is 7.13. The summed E-state index contributed by atoms with van der Waals surface area (Å²) in [6.07, 6.45) is 11.2. The van der Waals surface area contributed by atoms with E-state index in [2.05, 4.69) is 18.8 Å². The van der Waals surface area contributed by atoms with Gasteiger partial charge in [0.05, 0.1) is 13.7 Å². The first-order chi connectivity index (χ1) is 22.9. The summed E-state index contributed by atoms with van der Waals surface area (Å²) in [5.41, 5.74) is 0. The molecule has 0 spiro atoms. The van der Waals surface area contributed by atoms with Gasteiger partial charge < -0.3 is 45.2 Å². The Bertz CT molecular complexity index is 1140. The van der Waals surface area contributed by atoms with Crippen LogP contribution in [0.5, 0.6) is 0 Å². The number of ether oxygens (including phenoxy) is 2. The van der Waals surface area contributed by atoms with Gasteiger partial charge in [0.25, 0.3) is 0 Å². The van der Waals surface area contributed by atoms with Crippen molar-refractivity contribution in [3.63, 3.8) is 0 Å². The first-order valence-corrected chi connectivity index (χ1v) is 17.4. The third-order valence-electron chi connectivity index (χ3n) is 5.05. The Balaban J connectivity index is -0.0000000886. The van der Waals surface area contributed by atoms with Gasteiger partial charge in [0.2, 0.25) is 0 Å². The number of aliphatic hydroxyl groups is 3. The molecule has 0 amide bonds. The SMILES string of the molecule is COC(=O)C(F)(F)S(=O)(=O)F.O=C(O)C(F)(F)S(=O)(=O)[O-].O=C(OCCCCCCCCO)C(F)(F)SOO[O-].OCCCCCCCCO.[Na+].[Na+].[Na+].[OH-]. The number of carbonyl (C=O) groups excluding carboxylic acids is 2. The molecule has 0 aliphatic carbocycles. The van der Waals surface area contributed by atoms with Crippen LogP contribution in [0, 0.1) is 0 Å². The van der Waals surface area contributed by atoms with Gasteiger partial charge in [-0.15, -0.1) is 0 Å². The Kier molecular flexibility index (Phi) is 54.5. The van der Waals surface area contributed by atoms with Gasteiger partial charge in [0, 0.05) is 19.8 Å². The molecular formula is C23H40F7Na3O18S3. The first kappa shape index (κ1) is 72.5. The van der Waals surface area contributed by atoms with E-state index in [1.165, 1.54) is 12.8 Å². The van der Waals surface area contributed by atoms with Crippen LogP contribution in [0.4, 0.5) is 30.2 Å². The molecule has 0 fully saturated rings. The predicted octanol–water partition coefficient (Wildman–Crippen LogP) is -7.27. The Morgan fingerprint density at radius 3 is 1.22 bits per heavy atom. The fourth-order valence-corrected chi connectivity index (χ4v) is 3.25. The number of carboxylic acids is 1. The Morgan fingerprint density at radius 1 is 0.667 bits per heavy atom. The van der Waals surface area contributed by atoms with Crippen LogP contribution >= 0.6 is 12.0 Å². The van der Waals surface area contributed by atoms with Crippen molar-refractivity contribution in [1.82, 2.24) is 0 Å². The van der Waals surface area contributed by atoms with Gasteiger partial charge in [-0.25, -0.2) is 22.8 Å². The van der Waals surface area contributed by atoms with Gasteiger partial charge in [-0.2, -0.15) is 39.1 Å². The zero-order chi connectivity index (χ0) is 40.1. The normalized spacial score (nSPS) is 11.0. The van der Waals surface area contributed by atoms with Gasteiger partial charge in [-0.3, -0.25) is 5.04 Å². The molecule has 0 bridgehead atoms. The van der Waals surface area contributed by atoms with E-state index in [0.717, 1.165) is 57.8 Å². The van der Waals surface area contributed by atoms with Crippen molar-refractivity contribution < 1.29 is 205 Å². The Hall–Kier alpha value is 0.850. The van der Waals surface area contributed by atoms with Crippen molar-refractivity contribution in [3.05, 3.63) is 0 Å². The van der Waals surface area contributed by atoms with Crippen LogP contribution in [0.15, 0.2) is 0 Å². The van der Waals surface area contributed by atoms with Crippen LogP contribution in [0.1, 0.15) is 77.0 Å². The van der Waals surface area contributed by atoms with Gasteiger partial charge >= 0.3 is 133 Å². The second-order valence-electron chi connectivity index (χ2n) is 9.01. The molecule has 310 valence electrons. The molecule has 31 heteroatoms. The summed E-state index contributed by atoms with van der Waals surface area (Å²) in [5, 5.41) is 30.6. The molecule has 54 heavy (non-hydrogen) atoms. The summed E-state index contributed by atoms with van der Waals surface area (Å²) in [7, 11) is -11.8. The molecule has 0 atom stereocenters. The summed E-state index contributed by atoms with van der Waals surface area (Å²) in [4.78, 5) is 30.1. The van der Waals surface area contributed by atoms with E-state index in [9.17, 15) is 71.3 Å². The van der Waals surface area contributed by atoms with Crippen LogP contribution in [-0.4, -0.2) is 114 Å². The van der Waals surface area contributed by atoms with E-state index in [4.69, 9.17) is 20.4 Å². The van der Waals surface area contributed by atoms with Crippen LogP contribution in [0.2, 0.25) is 0 Å². The van der Waals surface area contributed by atoms with Crippen LogP contribution in [0.25, 0.3) is 0 Å². The maximum atomic E-state index is 12.8. The smallest absolute Gasteiger partial charge is 0.870 e. The molecule has 0 radical (unpaired) electrons. The van der Waals surface area contributed by atoms with Crippen LogP contribution < -0.4 is 93.9 Å². The Morgan fingerprint density at radius 2 is 1.00 bits per heavy atom. The van der Waals surface area contributed by atoms with Gasteiger partial charge in [0.1, 0.15) is 12.0 Å². The number of halogens is 7. The number of hydrogen-bond donors (Lipinski definition) is 4. The minimum Gasteiger partial charge on any atom is -0.870 e. The fraction of sp³-hybridized carbons (Fsp3) is 0.870. The van der Waals surface area contributed by atoms with Crippen LogP contribution in [-0.2, 0) is 53.6 Å².